The van der Waals surface area contributed by atoms with Crippen LogP contribution < -0.4 is 15.4 Å². The van der Waals surface area contributed by atoms with Gasteiger partial charge in [-0.1, -0.05) is 30.3 Å². The summed E-state index contributed by atoms with van der Waals surface area (Å²) < 4.78 is 18.6. The summed E-state index contributed by atoms with van der Waals surface area (Å²) in [6, 6.07) is 18.4. The first-order valence-electron chi connectivity index (χ1n) is 11.3. The predicted molar refractivity (Wildman–Crippen MR) is 129 cm³/mol. The highest BCUT2D eigenvalue weighted by Gasteiger charge is 2.11. The van der Waals surface area contributed by atoms with E-state index in [0.29, 0.717) is 24.7 Å². The van der Waals surface area contributed by atoms with E-state index in [9.17, 15) is 4.39 Å². The Balaban J connectivity index is 1.21. The van der Waals surface area contributed by atoms with Gasteiger partial charge in [0, 0.05) is 38.9 Å². The molecule has 172 valence electrons. The smallest absolute Gasteiger partial charge is 0.219 e. The van der Waals surface area contributed by atoms with Crippen LogP contribution in [0.3, 0.4) is 0 Å². The second-order valence-electron chi connectivity index (χ2n) is 8.14. The molecule has 3 aromatic rings. The van der Waals surface area contributed by atoms with Crippen LogP contribution in [0.4, 0.5) is 4.39 Å². The van der Waals surface area contributed by atoms with Crippen LogP contribution >= 0.6 is 0 Å². The molecular formula is C26H30FN5O. The van der Waals surface area contributed by atoms with Crippen molar-refractivity contribution in [2.45, 2.75) is 32.5 Å². The molecule has 0 unspecified atom stereocenters. The predicted octanol–water partition coefficient (Wildman–Crippen LogP) is 4.47. The van der Waals surface area contributed by atoms with Crippen LogP contribution in [0.1, 0.15) is 29.5 Å². The van der Waals surface area contributed by atoms with E-state index in [1.54, 1.807) is 31.4 Å². The van der Waals surface area contributed by atoms with Gasteiger partial charge in [0.25, 0.3) is 0 Å². The summed E-state index contributed by atoms with van der Waals surface area (Å²) in [6.45, 7) is 4.75. The zero-order valence-electron chi connectivity index (χ0n) is 18.9. The first-order valence-corrected chi connectivity index (χ1v) is 11.3. The number of aromatic nitrogens is 1. The zero-order chi connectivity index (χ0) is 22.9. The first kappa shape index (κ1) is 22.7. The van der Waals surface area contributed by atoms with Gasteiger partial charge in [-0.3, -0.25) is 9.89 Å². The van der Waals surface area contributed by atoms with Crippen molar-refractivity contribution < 1.29 is 9.13 Å². The van der Waals surface area contributed by atoms with Crippen LogP contribution in [-0.4, -0.2) is 36.0 Å². The summed E-state index contributed by atoms with van der Waals surface area (Å²) in [6.07, 6.45) is 4.38. The Labute approximate surface area is 194 Å². The Bertz CT molecular complexity index is 1030. The molecule has 0 radical (unpaired) electrons. The topological polar surface area (TPSA) is 61.8 Å². The number of likely N-dealkylation sites (tertiary alicyclic amines) is 1. The van der Waals surface area contributed by atoms with Crippen LogP contribution in [-0.2, 0) is 19.6 Å². The lowest BCUT2D eigenvalue weighted by Gasteiger charge is -2.15. The molecule has 1 aliphatic heterocycles. The van der Waals surface area contributed by atoms with Crippen molar-refractivity contribution in [3.63, 3.8) is 0 Å². The number of aliphatic imine (C=N–C) groups is 1. The maximum absolute atomic E-state index is 13.0. The number of guanidine groups is 1. The summed E-state index contributed by atoms with van der Waals surface area (Å²) >= 11 is 0. The second kappa shape index (κ2) is 11.4. The molecule has 4 rings (SSSR count). The van der Waals surface area contributed by atoms with Crippen molar-refractivity contribution in [3.05, 3.63) is 89.4 Å². The highest BCUT2D eigenvalue weighted by atomic mass is 19.1. The lowest BCUT2D eigenvalue weighted by molar-refractivity contribution is 0.331. The van der Waals surface area contributed by atoms with Gasteiger partial charge in [-0.15, -0.1) is 0 Å². The van der Waals surface area contributed by atoms with Gasteiger partial charge in [-0.2, -0.15) is 0 Å². The molecule has 0 amide bonds. The average Bonchev–Trinajstić information content (AvgIpc) is 3.36. The van der Waals surface area contributed by atoms with Crippen molar-refractivity contribution in [2.24, 2.45) is 4.99 Å². The van der Waals surface area contributed by atoms with Crippen LogP contribution in [0, 0.1) is 5.82 Å². The molecule has 2 N–H and O–H groups in total. The Kier molecular flexibility index (Phi) is 7.87. The molecule has 0 spiro atoms. The van der Waals surface area contributed by atoms with Gasteiger partial charge < -0.3 is 15.4 Å². The third-order valence-corrected chi connectivity index (χ3v) is 5.61. The van der Waals surface area contributed by atoms with Gasteiger partial charge in [0.2, 0.25) is 5.88 Å². The fourth-order valence-corrected chi connectivity index (χ4v) is 3.75. The molecule has 1 saturated heterocycles. The third-order valence-electron chi connectivity index (χ3n) is 5.61. The number of halogens is 1. The van der Waals surface area contributed by atoms with Crippen LogP contribution in [0.2, 0.25) is 0 Å². The summed E-state index contributed by atoms with van der Waals surface area (Å²) in [7, 11) is 1.76. The average molecular weight is 448 g/mol. The molecule has 0 aliphatic carbocycles. The van der Waals surface area contributed by atoms with Gasteiger partial charge >= 0.3 is 0 Å². The molecule has 33 heavy (non-hydrogen) atoms. The second-order valence-corrected chi connectivity index (χ2v) is 8.14. The van der Waals surface area contributed by atoms with Gasteiger partial charge in [0.05, 0.1) is 0 Å². The summed E-state index contributed by atoms with van der Waals surface area (Å²) in [5.74, 6) is 1.43. The van der Waals surface area contributed by atoms with Gasteiger partial charge in [0.15, 0.2) is 5.96 Å². The van der Waals surface area contributed by atoms with Crippen molar-refractivity contribution in [1.29, 1.82) is 0 Å². The SMILES string of the molecule is CN=C(NCc1ccc(CN2CCCC2)cc1)NCc1ccc(Oc2ccc(F)cc2)nc1. The number of hydrogen-bond donors (Lipinski definition) is 2. The number of pyridine rings is 1. The quantitative estimate of drug-likeness (QED) is 0.394. The molecule has 0 saturated carbocycles. The van der Waals surface area contributed by atoms with Crippen molar-refractivity contribution in [3.8, 4) is 11.6 Å². The Morgan fingerprint density at radius 2 is 1.55 bits per heavy atom. The lowest BCUT2D eigenvalue weighted by Crippen LogP contribution is -2.36. The summed E-state index contributed by atoms with van der Waals surface area (Å²) in [5.41, 5.74) is 3.57. The molecule has 7 heteroatoms. The zero-order valence-corrected chi connectivity index (χ0v) is 18.9. The molecular weight excluding hydrogens is 417 g/mol. The van der Waals surface area contributed by atoms with Gasteiger partial charge in [-0.25, -0.2) is 9.37 Å². The van der Waals surface area contributed by atoms with E-state index in [-0.39, 0.29) is 5.82 Å². The largest absolute Gasteiger partial charge is 0.439 e. The number of nitrogens with one attached hydrogen (secondary N) is 2. The molecule has 1 aromatic heterocycles. The Hall–Kier alpha value is -3.45. The summed E-state index contributed by atoms with van der Waals surface area (Å²) in [4.78, 5) is 11.1. The monoisotopic (exact) mass is 447 g/mol. The summed E-state index contributed by atoms with van der Waals surface area (Å²) in [5, 5.41) is 6.65. The van der Waals surface area contributed by atoms with Crippen LogP contribution in [0.25, 0.3) is 0 Å². The number of ether oxygens (including phenoxy) is 1. The Morgan fingerprint density at radius 3 is 2.18 bits per heavy atom. The standard InChI is InChI=1S/C26H30FN5O/c1-28-26(30-16-20-4-6-21(7-5-20)19-32-14-2-3-15-32)31-18-22-8-13-25(29-17-22)33-24-11-9-23(27)10-12-24/h4-13,17H,2-3,14-16,18-19H2,1H3,(H2,28,30,31). The Morgan fingerprint density at radius 1 is 0.909 bits per heavy atom. The normalized spacial score (nSPS) is 14.3. The van der Waals surface area contributed by atoms with Crippen molar-refractivity contribution >= 4 is 5.96 Å². The molecule has 6 nitrogen and oxygen atoms in total. The first-order chi connectivity index (χ1) is 16.2. The maximum atomic E-state index is 13.0. The van der Waals surface area contributed by atoms with Gasteiger partial charge in [0.1, 0.15) is 11.6 Å². The lowest BCUT2D eigenvalue weighted by atomic mass is 10.1. The van der Waals surface area contributed by atoms with Crippen LogP contribution in [0.15, 0.2) is 71.9 Å². The van der Waals surface area contributed by atoms with Gasteiger partial charge in [-0.05, 0) is 66.9 Å². The van der Waals surface area contributed by atoms with E-state index in [2.05, 4.69) is 49.8 Å². The van der Waals surface area contributed by atoms with E-state index >= 15 is 0 Å². The number of rotatable bonds is 8. The van der Waals surface area contributed by atoms with E-state index in [0.717, 1.165) is 18.1 Å². The third kappa shape index (κ3) is 7.02. The number of nitrogens with zero attached hydrogens (tertiary/aromatic N) is 3. The fraction of sp³-hybridized carbons (Fsp3) is 0.308. The van der Waals surface area contributed by atoms with E-state index in [1.807, 2.05) is 6.07 Å². The number of hydrogen-bond acceptors (Lipinski definition) is 4. The molecule has 1 aliphatic rings. The van der Waals surface area contributed by atoms with E-state index in [4.69, 9.17) is 4.74 Å². The minimum atomic E-state index is -0.298. The number of benzene rings is 2. The molecule has 2 aromatic carbocycles. The molecule has 0 bridgehead atoms. The van der Waals surface area contributed by atoms with E-state index in [1.165, 1.54) is 49.2 Å². The highest BCUT2D eigenvalue weighted by molar-refractivity contribution is 5.79. The molecule has 1 fully saturated rings. The van der Waals surface area contributed by atoms with E-state index < -0.39 is 0 Å². The highest BCUT2D eigenvalue weighted by Crippen LogP contribution is 2.19. The maximum Gasteiger partial charge on any atom is 0.219 e. The fourth-order valence-electron chi connectivity index (χ4n) is 3.75. The minimum Gasteiger partial charge on any atom is -0.439 e. The molecule has 0 atom stereocenters. The van der Waals surface area contributed by atoms with Crippen molar-refractivity contribution in [2.75, 3.05) is 20.1 Å². The van der Waals surface area contributed by atoms with Crippen LogP contribution in [0.5, 0.6) is 11.6 Å². The van der Waals surface area contributed by atoms with Crippen molar-refractivity contribution in [1.82, 2.24) is 20.5 Å². The minimum absolute atomic E-state index is 0.298. The molecule has 2 heterocycles.